The average Bonchev–Trinajstić information content (AvgIpc) is 2.89. The lowest BCUT2D eigenvalue weighted by Gasteiger charge is -2.48. The molecule has 0 spiro atoms. The Labute approximate surface area is 163 Å². The molecule has 2 heterocycles. The Morgan fingerprint density at radius 2 is 1.75 bits per heavy atom. The van der Waals surface area contributed by atoms with Crippen LogP contribution >= 0.6 is 0 Å². The Morgan fingerprint density at radius 1 is 1.11 bits per heavy atom. The van der Waals surface area contributed by atoms with Crippen LogP contribution in [0.3, 0.4) is 0 Å². The lowest BCUT2D eigenvalue weighted by Crippen LogP contribution is -2.58. The van der Waals surface area contributed by atoms with Crippen LogP contribution in [0.2, 0.25) is 0 Å². The van der Waals surface area contributed by atoms with Crippen molar-refractivity contribution >= 4 is 5.90 Å². The molecule has 2 fully saturated rings. The summed E-state index contributed by atoms with van der Waals surface area (Å²) in [6, 6.07) is 11.0. The van der Waals surface area contributed by atoms with Gasteiger partial charge in [0.2, 0.25) is 17.1 Å². The van der Waals surface area contributed by atoms with Crippen molar-refractivity contribution in [2.45, 2.75) is 32.2 Å². The van der Waals surface area contributed by atoms with E-state index in [-0.39, 0.29) is 0 Å². The molecular formula is C20H20N4O4. The zero-order valence-electron chi connectivity index (χ0n) is 16.1. The number of nitriles is 3. The Hall–Kier alpha value is -3.28. The van der Waals surface area contributed by atoms with E-state index in [2.05, 4.69) is 6.07 Å². The second-order valence-electron chi connectivity index (χ2n) is 6.88. The molecule has 3 rings (SSSR count). The van der Waals surface area contributed by atoms with Crippen LogP contribution in [0.4, 0.5) is 0 Å². The highest BCUT2D eigenvalue weighted by atomic mass is 16.7. The van der Waals surface area contributed by atoms with Crippen molar-refractivity contribution in [2.24, 2.45) is 16.7 Å². The Balaban J connectivity index is 2.31. The first-order valence-electron chi connectivity index (χ1n) is 8.77. The number of nitrogens with zero attached hydrogens (tertiary/aromatic N) is 3. The SMILES string of the molecule is CCC12OC(=N)C(C#N)(C1C)C(C#N)(C#N)C(c1ccc(OC)c(OC)c1)O2. The molecule has 0 aromatic heterocycles. The maximum atomic E-state index is 10.1. The van der Waals surface area contributed by atoms with E-state index in [0.717, 1.165) is 0 Å². The molecule has 1 N–H and O–H groups in total. The van der Waals surface area contributed by atoms with E-state index in [0.29, 0.717) is 23.5 Å². The van der Waals surface area contributed by atoms with Crippen LogP contribution in [0.1, 0.15) is 31.9 Å². The molecule has 4 unspecified atom stereocenters. The zero-order chi connectivity index (χ0) is 20.7. The highest BCUT2D eigenvalue weighted by molar-refractivity contribution is 5.89. The van der Waals surface area contributed by atoms with E-state index in [1.807, 2.05) is 19.1 Å². The van der Waals surface area contributed by atoms with E-state index in [4.69, 9.17) is 24.4 Å². The second-order valence-corrected chi connectivity index (χ2v) is 6.88. The van der Waals surface area contributed by atoms with Crippen molar-refractivity contribution in [2.75, 3.05) is 14.2 Å². The van der Waals surface area contributed by atoms with Gasteiger partial charge in [-0.1, -0.05) is 19.9 Å². The summed E-state index contributed by atoms with van der Waals surface area (Å²) in [5.74, 6) is -1.50. The van der Waals surface area contributed by atoms with Crippen LogP contribution in [0.15, 0.2) is 18.2 Å². The fourth-order valence-electron chi connectivity index (χ4n) is 4.36. The van der Waals surface area contributed by atoms with E-state index in [1.54, 1.807) is 25.1 Å². The molecule has 4 atom stereocenters. The molecule has 8 nitrogen and oxygen atoms in total. The van der Waals surface area contributed by atoms with Gasteiger partial charge in [0.25, 0.3) is 0 Å². The zero-order valence-corrected chi connectivity index (χ0v) is 16.1. The summed E-state index contributed by atoms with van der Waals surface area (Å²) in [5.41, 5.74) is -3.28. The standard InChI is InChI=1S/C20H20N4O4/c1-5-20-12(2)19(11-23,17(24)28-20)18(9-21,10-22)16(27-20)13-6-7-14(25-3)15(8-13)26-4/h6-8,12,16,24H,5H2,1-4H3. The molecule has 0 radical (unpaired) electrons. The first-order chi connectivity index (χ1) is 13.4. The summed E-state index contributed by atoms with van der Waals surface area (Å²) < 4.78 is 22.5. The lowest BCUT2D eigenvalue weighted by molar-refractivity contribution is -0.280. The molecule has 0 amide bonds. The van der Waals surface area contributed by atoms with Crippen molar-refractivity contribution in [3.8, 4) is 29.7 Å². The molecule has 1 aromatic carbocycles. The van der Waals surface area contributed by atoms with Gasteiger partial charge in [0.15, 0.2) is 16.9 Å². The fraction of sp³-hybridized carbons (Fsp3) is 0.500. The van der Waals surface area contributed by atoms with Crippen molar-refractivity contribution in [1.82, 2.24) is 0 Å². The number of nitrogens with one attached hydrogen (secondary N) is 1. The Morgan fingerprint density at radius 3 is 2.25 bits per heavy atom. The number of rotatable bonds is 4. The van der Waals surface area contributed by atoms with Crippen molar-refractivity contribution in [3.63, 3.8) is 0 Å². The average molecular weight is 380 g/mol. The summed E-state index contributed by atoms with van der Waals surface area (Å²) in [5, 5.41) is 38.7. The Bertz CT molecular complexity index is 942. The van der Waals surface area contributed by atoms with Gasteiger partial charge in [0.1, 0.15) is 6.10 Å². The number of benzene rings is 1. The number of hydrogen-bond donors (Lipinski definition) is 1. The molecule has 8 heteroatoms. The molecule has 2 saturated heterocycles. The van der Waals surface area contributed by atoms with E-state index >= 15 is 0 Å². The van der Waals surface area contributed by atoms with Gasteiger partial charge in [-0.05, 0) is 17.7 Å². The van der Waals surface area contributed by atoms with Crippen molar-refractivity contribution < 1.29 is 18.9 Å². The second kappa shape index (κ2) is 6.41. The number of fused-ring (bicyclic) bond motifs is 2. The molecule has 0 saturated carbocycles. The van der Waals surface area contributed by atoms with Crippen LogP contribution in [0.5, 0.6) is 11.5 Å². The molecule has 2 aliphatic heterocycles. The predicted molar refractivity (Wildman–Crippen MR) is 96.1 cm³/mol. The number of ether oxygens (including phenoxy) is 4. The summed E-state index contributed by atoms with van der Waals surface area (Å²) in [6.07, 6.45) is -0.780. The Kier molecular flexibility index (Phi) is 4.46. The van der Waals surface area contributed by atoms with Crippen LogP contribution in [0.25, 0.3) is 0 Å². The maximum Gasteiger partial charge on any atom is 0.217 e. The van der Waals surface area contributed by atoms with Crippen molar-refractivity contribution in [3.05, 3.63) is 23.8 Å². The predicted octanol–water partition coefficient (Wildman–Crippen LogP) is 3.07. The molecule has 0 aliphatic carbocycles. The van der Waals surface area contributed by atoms with Gasteiger partial charge in [0.05, 0.1) is 38.3 Å². The van der Waals surface area contributed by atoms with Gasteiger partial charge >= 0.3 is 0 Å². The van der Waals surface area contributed by atoms with E-state index < -0.39 is 34.5 Å². The largest absolute Gasteiger partial charge is 0.493 e. The monoisotopic (exact) mass is 380 g/mol. The topological polar surface area (TPSA) is 132 Å². The molecular weight excluding hydrogens is 360 g/mol. The number of hydrogen-bond acceptors (Lipinski definition) is 8. The molecule has 144 valence electrons. The minimum absolute atomic E-state index is 0.344. The third-order valence-corrected chi connectivity index (χ3v) is 6.01. The third-order valence-electron chi connectivity index (χ3n) is 6.01. The van der Waals surface area contributed by atoms with Gasteiger partial charge in [0, 0.05) is 6.42 Å². The van der Waals surface area contributed by atoms with Crippen LogP contribution < -0.4 is 9.47 Å². The molecule has 2 aliphatic rings. The maximum absolute atomic E-state index is 10.1. The first kappa shape index (κ1) is 19.5. The van der Waals surface area contributed by atoms with Gasteiger partial charge < -0.3 is 18.9 Å². The summed E-state index contributed by atoms with van der Waals surface area (Å²) in [6.45, 7) is 3.50. The minimum Gasteiger partial charge on any atom is -0.493 e. The van der Waals surface area contributed by atoms with Crippen LogP contribution in [0, 0.1) is 56.2 Å². The van der Waals surface area contributed by atoms with Gasteiger partial charge in [-0.2, -0.15) is 15.8 Å². The fourth-order valence-corrected chi connectivity index (χ4v) is 4.36. The van der Waals surface area contributed by atoms with Crippen molar-refractivity contribution in [1.29, 1.82) is 21.2 Å². The lowest BCUT2D eigenvalue weighted by atomic mass is 9.53. The highest BCUT2D eigenvalue weighted by Crippen LogP contribution is 2.67. The van der Waals surface area contributed by atoms with Crippen LogP contribution in [-0.2, 0) is 9.47 Å². The normalized spacial score (nSPS) is 32.4. The van der Waals surface area contributed by atoms with E-state index in [9.17, 15) is 15.8 Å². The molecule has 28 heavy (non-hydrogen) atoms. The minimum atomic E-state index is -1.98. The molecule has 1 aromatic rings. The van der Waals surface area contributed by atoms with E-state index in [1.165, 1.54) is 14.2 Å². The summed E-state index contributed by atoms with van der Waals surface area (Å²) in [7, 11) is 2.97. The smallest absolute Gasteiger partial charge is 0.217 e. The third kappa shape index (κ3) is 2.03. The van der Waals surface area contributed by atoms with Gasteiger partial charge in [-0.15, -0.1) is 0 Å². The molecule has 2 bridgehead atoms. The van der Waals surface area contributed by atoms with Gasteiger partial charge in [-0.3, -0.25) is 5.41 Å². The summed E-state index contributed by atoms with van der Waals surface area (Å²) in [4.78, 5) is 0. The first-order valence-corrected chi connectivity index (χ1v) is 8.77. The summed E-state index contributed by atoms with van der Waals surface area (Å²) >= 11 is 0. The highest BCUT2D eigenvalue weighted by Gasteiger charge is 2.78. The number of methoxy groups -OCH3 is 2. The van der Waals surface area contributed by atoms with Crippen LogP contribution in [-0.4, -0.2) is 25.9 Å². The van der Waals surface area contributed by atoms with Gasteiger partial charge in [-0.25, -0.2) is 0 Å². The quantitative estimate of drug-likeness (QED) is 0.848.